The molecule has 0 bridgehead atoms. The van der Waals surface area contributed by atoms with Gasteiger partial charge in [0, 0.05) is 21.8 Å². The summed E-state index contributed by atoms with van der Waals surface area (Å²) in [7, 11) is 0. The third kappa shape index (κ3) is 4.69. The molecule has 2 rings (SSSR count). The Hall–Kier alpha value is -2.60. The maximum Gasteiger partial charge on any atom is 0.273 e. The van der Waals surface area contributed by atoms with E-state index in [2.05, 4.69) is 26.8 Å². The Labute approximate surface area is 142 Å². The second-order valence-electron chi connectivity index (χ2n) is 4.80. The van der Waals surface area contributed by atoms with Crippen molar-refractivity contribution >= 4 is 27.6 Å². The van der Waals surface area contributed by atoms with Gasteiger partial charge < -0.3 is 10.5 Å². The molecule has 0 atom stereocenters. The van der Waals surface area contributed by atoms with Crippen LogP contribution in [0.25, 0.3) is 0 Å². The number of phenols is 1. The molecule has 0 aromatic heterocycles. The van der Waals surface area contributed by atoms with E-state index in [0.29, 0.717) is 15.7 Å². The Morgan fingerprint density at radius 2 is 1.78 bits per heavy atom. The maximum absolute atomic E-state index is 12.0. The normalized spacial score (nSPS) is 11.0. The minimum atomic E-state index is -0.510. The van der Waals surface area contributed by atoms with Gasteiger partial charge in [-0.2, -0.15) is 0 Å². The van der Waals surface area contributed by atoms with Crippen LogP contribution in [0.5, 0.6) is 5.75 Å². The number of allylic oxidation sites excluding steroid dienone is 2. The number of nitrogens with one attached hydrogen (secondary N) is 2. The average Bonchev–Trinajstić information content (AvgIpc) is 2.55. The molecule has 2 aromatic rings. The molecule has 0 saturated carbocycles. The van der Waals surface area contributed by atoms with Crippen LogP contribution in [0.4, 0.5) is 0 Å². The second-order valence-corrected chi connectivity index (χ2v) is 5.71. The minimum absolute atomic E-state index is 0.120. The van der Waals surface area contributed by atoms with Gasteiger partial charge in [0.1, 0.15) is 5.75 Å². The van der Waals surface area contributed by atoms with Crippen molar-refractivity contribution in [2.24, 2.45) is 0 Å². The molecule has 0 heterocycles. The lowest BCUT2D eigenvalue weighted by atomic mass is 10.1. The van der Waals surface area contributed by atoms with Gasteiger partial charge >= 0.3 is 0 Å². The van der Waals surface area contributed by atoms with Gasteiger partial charge in [0.2, 0.25) is 0 Å². The van der Waals surface area contributed by atoms with Crippen molar-refractivity contribution < 1.29 is 14.7 Å². The molecule has 0 aliphatic rings. The van der Waals surface area contributed by atoms with Crippen LogP contribution >= 0.6 is 15.9 Å². The number of phenolic OH excluding ortho intramolecular Hbond substituents is 1. The van der Waals surface area contributed by atoms with Gasteiger partial charge in [-0.1, -0.05) is 46.3 Å². The number of carbonyl (C=O) groups excluding carboxylic acids is 2. The first-order chi connectivity index (χ1) is 11.0. The van der Waals surface area contributed by atoms with Crippen LogP contribution in [0.3, 0.4) is 0 Å². The summed E-state index contributed by atoms with van der Waals surface area (Å²) >= 11 is 3.24. The molecule has 0 spiro atoms. The summed E-state index contributed by atoms with van der Waals surface area (Å²) in [5, 5.41) is 9.69. The maximum atomic E-state index is 12.0. The molecule has 6 heteroatoms. The molecule has 2 aromatic carbocycles. The van der Waals surface area contributed by atoms with Crippen molar-refractivity contribution in [1.29, 1.82) is 0 Å². The molecule has 5 nitrogen and oxygen atoms in total. The van der Waals surface area contributed by atoms with E-state index in [0.717, 1.165) is 0 Å². The van der Waals surface area contributed by atoms with E-state index in [4.69, 9.17) is 0 Å². The first kappa shape index (κ1) is 16.8. The van der Waals surface area contributed by atoms with E-state index in [1.165, 1.54) is 18.2 Å². The fourth-order valence-corrected chi connectivity index (χ4v) is 2.19. The molecule has 0 fully saturated rings. The number of halogens is 1. The first-order valence-electron chi connectivity index (χ1n) is 6.80. The van der Waals surface area contributed by atoms with Crippen molar-refractivity contribution in [3.8, 4) is 5.75 Å². The number of ketones is 1. The monoisotopic (exact) mass is 374 g/mol. The lowest BCUT2D eigenvalue weighted by molar-refractivity contribution is 0.0933. The van der Waals surface area contributed by atoms with E-state index in [1.807, 2.05) is 6.07 Å². The average molecular weight is 375 g/mol. The van der Waals surface area contributed by atoms with Gasteiger partial charge in [0.25, 0.3) is 5.91 Å². The molecule has 0 radical (unpaired) electrons. The van der Waals surface area contributed by atoms with Crippen LogP contribution in [-0.4, -0.2) is 16.8 Å². The van der Waals surface area contributed by atoms with E-state index in [1.54, 1.807) is 37.3 Å². The molecular formula is C17H15BrN2O3. The van der Waals surface area contributed by atoms with E-state index in [-0.39, 0.29) is 17.1 Å². The van der Waals surface area contributed by atoms with E-state index >= 15 is 0 Å². The lowest BCUT2D eigenvalue weighted by Gasteiger charge is -2.10. The number of benzene rings is 2. The highest BCUT2D eigenvalue weighted by Gasteiger charge is 2.11. The van der Waals surface area contributed by atoms with Crippen molar-refractivity contribution in [3.05, 3.63) is 75.9 Å². The minimum Gasteiger partial charge on any atom is -0.507 e. The number of hydrogen-bond donors (Lipinski definition) is 3. The standard InChI is InChI=1S/C17H15BrN2O3/c1-11(9-16(22)12-5-3-2-4-6-12)19-20-17(23)14-10-13(18)7-8-15(14)21/h2-10,19,21H,1H3,(H,20,23)/b11-9-. The first-order valence-corrected chi connectivity index (χ1v) is 7.59. The molecule has 23 heavy (non-hydrogen) atoms. The summed E-state index contributed by atoms with van der Waals surface area (Å²) in [5.74, 6) is -0.812. The SMILES string of the molecule is C/C(=C/C(=O)c1ccccc1)NNC(=O)c1cc(Br)ccc1O. The largest absolute Gasteiger partial charge is 0.507 e. The number of aromatic hydroxyl groups is 1. The van der Waals surface area contributed by atoms with Crippen LogP contribution in [0.2, 0.25) is 0 Å². The Morgan fingerprint density at radius 1 is 1.09 bits per heavy atom. The molecule has 0 aliphatic carbocycles. The Bertz CT molecular complexity index is 758. The Morgan fingerprint density at radius 3 is 2.48 bits per heavy atom. The van der Waals surface area contributed by atoms with E-state index < -0.39 is 5.91 Å². The Kier molecular flexibility index (Phi) is 5.54. The highest BCUT2D eigenvalue weighted by molar-refractivity contribution is 9.10. The number of hydrazine groups is 1. The van der Waals surface area contributed by atoms with E-state index in [9.17, 15) is 14.7 Å². The highest BCUT2D eigenvalue weighted by atomic mass is 79.9. The molecule has 3 N–H and O–H groups in total. The third-order valence-corrected chi connectivity index (χ3v) is 3.48. The summed E-state index contributed by atoms with van der Waals surface area (Å²) in [6.45, 7) is 1.65. The fourth-order valence-electron chi connectivity index (χ4n) is 1.83. The molecule has 0 unspecified atom stereocenters. The van der Waals surface area contributed by atoms with Gasteiger partial charge in [0.15, 0.2) is 5.78 Å². The zero-order valence-corrected chi connectivity index (χ0v) is 13.9. The van der Waals surface area contributed by atoms with Gasteiger partial charge in [-0.3, -0.25) is 15.0 Å². The second kappa shape index (κ2) is 7.60. The lowest BCUT2D eigenvalue weighted by Crippen LogP contribution is -2.36. The topological polar surface area (TPSA) is 78.4 Å². The number of carbonyl (C=O) groups is 2. The van der Waals surface area contributed by atoms with Crippen LogP contribution < -0.4 is 10.9 Å². The van der Waals surface area contributed by atoms with Gasteiger partial charge in [0.05, 0.1) is 5.56 Å². The summed E-state index contributed by atoms with van der Waals surface area (Å²) in [6, 6.07) is 13.4. The number of hydrogen-bond acceptors (Lipinski definition) is 4. The number of amides is 1. The molecular weight excluding hydrogens is 360 g/mol. The summed E-state index contributed by atoms with van der Waals surface area (Å²) in [4.78, 5) is 24.0. The van der Waals surface area contributed by atoms with Crippen molar-refractivity contribution in [2.45, 2.75) is 6.92 Å². The van der Waals surface area contributed by atoms with Crippen LogP contribution in [0.1, 0.15) is 27.6 Å². The van der Waals surface area contributed by atoms with Crippen LogP contribution in [-0.2, 0) is 0 Å². The summed E-state index contributed by atoms with van der Waals surface area (Å²) in [5.41, 5.74) is 6.23. The van der Waals surface area contributed by atoms with Crippen molar-refractivity contribution in [3.63, 3.8) is 0 Å². The Balaban J connectivity index is 2.00. The van der Waals surface area contributed by atoms with Crippen molar-refractivity contribution in [1.82, 2.24) is 10.9 Å². The summed E-state index contributed by atoms with van der Waals surface area (Å²) in [6.07, 6.45) is 1.39. The fraction of sp³-hybridized carbons (Fsp3) is 0.0588. The molecule has 1 amide bonds. The van der Waals surface area contributed by atoms with Gasteiger partial charge in [-0.25, -0.2) is 0 Å². The third-order valence-electron chi connectivity index (χ3n) is 2.98. The van der Waals surface area contributed by atoms with Gasteiger partial charge in [-0.15, -0.1) is 0 Å². The molecule has 0 saturated heterocycles. The molecule has 118 valence electrons. The number of rotatable bonds is 5. The highest BCUT2D eigenvalue weighted by Crippen LogP contribution is 2.21. The zero-order valence-electron chi connectivity index (χ0n) is 12.3. The predicted octanol–water partition coefficient (Wildman–Crippen LogP) is 3.18. The quantitative estimate of drug-likeness (QED) is 0.426. The molecule has 0 aliphatic heterocycles. The zero-order chi connectivity index (χ0) is 16.8. The predicted molar refractivity (Wildman–Crippen MR) is 90.9 cm³/mol. The van der Waals surface area contributed by atoms with Crippen LogP contribution in [0.15, 0.2) is 64.8 Å². The summed E-state index contributed by atoms with van der Waals surface area (Å²) < 4.78 is 0.673. The van der Waals surface area contributed by atoms with Crippen molar-refractivity contribution in [2.75, 3.05) is 0 Å². The smallest absolute Gasteiger partial charge is 0.273 e. The van der Waals surface area contributed by atoms with Gasteiger partial charge in [-0.05, 0) is 25.1 Å². The van der Waals surface area contributed by atoms with Crippen LogP contribution in [0, 0.1) is 0 Å².